The molecular weight excluding hydrogens is 229 g/mol. The van der Waals surface area contributed by atoms with Gasteiger partial charge in [-0.25, -0.2) is 8.42 Å². The third-order valence-corrected chi connectivity index (χ3v) is 2.04. The Hall–Kier alpha value is -0.270. The average molecular weight is 239 g/mol. The molecule has 0 fully saturated rings. The summed E-state index contributed by atoms with van der Waals surface area (Å²) in [4.78, 5) is 0. The summed E-state index contributed by atoms with van der Waals surface area (Å²) in [5.74, 6) is -0.149. The quantitative estimate of drug-likeness (QED) is 0.468. The molecule has 0 amide bonds. The minimum absolute atomic E-state index is 0. The summed E-state index contributed by atoms with van der Waals surface area (Å²) >= 11 is 0. The van der Waals surface area contributed by atoms with E-state index in [0.29, 0.717) is 11.4 Å². The van der Waals surface area contributed by atoms with Crippen LogP contribution in [-0.2, 0) is 10.1 Å². The predicted octanol–water partition coefficient (Wildman–Crippen LogP) is -2.39. The van der Waals surface area contributed by atoms with Gasteiger partial charge in [-0.3, -0.25) is 0 Å². The Bertz CT molecular complexity index is 407. The minimum Gasteiger partial charge on any atom is -0.747 e. The van der Waals surface area contributed by atoms with Crippen molar-refractivity contribution in [1.82, 2.24) is 0 Å². The standard InChI is InChI=1S/C8H11NO4S.Na/c1-13-8-5-3-2-4-7(8)9-6-14(10,11)12;/h2-5,9H,6H2,1H3,(H,10,11,12);/q;+1/p-1. The van der Waals surface area contributed by atoms with Crippen molar-refractivity contribution in [2.24, 2.45) is 0 Å². The summed E-state index contributed by atoms with van der Waals surface area (Å²) in [6.07, 6.45) is 0. The maximum atomic E-state index is 10.3. The molecule has 0 radical (unpaired) electrons. The zero-order valence-corrected chi connectivity index (χ0v) is 11.4. The van der Waals surface area contributed by atoms with Crippen LogP contribution in [0, 0.1) is 0 Å². The largest absolute Gasteiger partial charge is 1.00 e. The zero-order chi connectivity index (χ0) is 10.6. The predicted molar refractivity (Wildman–Crippen MR) is 51.2 cm³/mol. The first-order valence-corrected chi connectivity index (χ1v) is 5.41. The Morgan fingerprint density at radius 2 is 2.00 bits per heavy atom. The fourth-order valence-corrected chi connectivity index (χ4v) is 1.29. The SMILES string of the molecule is COc1ccccc1NCS(=O)(=O)[O-].[Na+]. The Balaban J connectivity index is 0.00000196. The molecule has 1 aromatic carbocycles. The van der Waals surface area contributed by atoms with Gasteiger partial charge in [-0.2, -0.15) is 0 Å². The number of nitrogens with one attached hydrogen (secondary N) is 1. The topological polar surface area (TPSA) is 78.5 Å². The second-order valence-corrected chi connectivity index (χ2v) is 3.98. The van der Waals surface area contributed by atoms with Crippen molar-refractivity contribution in [3.63, 3.8) is 0 Å². The summed E-state index contributed by atoms with van der Waals surface area (Å²) in [5.41, 5.74) is 0.481. The van der Waals surface area contributed by atoms with E-state index in [1.807, 2.05) is 0 Å². The molecule has 0 aliphatic heterocycles. The molecular formula is C8H10NNaO4S. The normalized spacial score (nSPS) is 10.3. The van der Waals surface area contributed by atoms with E-state index in [4.69, 9.17) is 4.74 Å². The van der Waals surface area contributed by atoms with Gasteiger partial charge in [-0.1, -0.05) is 12.1 Å². The first-order valence-electron chi connectivity index (χ1n) is 3.83. The summed E-state index contributed by atoms with van der Waals surface area (Å²) in [7, 11) is -2.80. The van der Waals surface area contributed by atoms with E-state index in [-0.39, 0.29) is 29.6 Å². The molecule has 1 aromatic rings. The van der Waals surface area contributed by atoms with Crippen molar-refractivity contribution in [2.45, 2.75) is 0 Å². The van der Waals surface area contributed by atoms with Crippen LogP contribution < -0.4 is 39.6 Å². The molecule has 15 heavy (non-hydrogen) atoms. The van der Waals surface area contributed by atoms with E-state index in [0.717, 1.165) is 0 Å². The van der Waals surface area contributed by atoms with E-state index in [9.17, 15) is 13.0 Å². The van der Waals surface area contributed by atoms with E-state index < -0.39 is 16.0 Å². The molecule has 1 N–H and O–H groups in total. The zero-order valence-electron chi connectivity index (χ0n) is 8.56. The molecule has 0 spiro atoms. The smallest absolute Gasteiger partial charge is 0.747 e. The van der Waals surface area contributed by atoms with E-state index in [1.165, 1.54) is 7.11 Å². The first-order chi connectivity index (χ1) is 6.53. The van der Waals surface area contributed by atoms with Gasteiger partial charge in [-0.15, -0.1) is 0 Å². The van der Waals surface area contributed by atoms with Crippen LogP contribution >= 0.6 is 0 Å². The number of methoxy groups -OCH3 is 1. The van der Waals surface area contributed by atoms with E-state index >= 15 is 0 Å². The third-order valence-electron chi connectivity index (χ3n) is 1.55. The third kappa shape index (κ3) is 5.39. The average Bonchev–Trinajstić information content (AvgIpc) is 2.14. The molecule has 5 nitrogen and oxygen atoms in total. The molecule has 78 valence electrons. The molecule has 0 heterocycles. The van der Waals surface area contributed by atoms with Crippen molar-refractivity contribution < 1.29 is 47.3 Å². The Morgan fingerprint density at radius 1 is 1.40 bits per heavy atom. The van der Waals surface area contributed by atoms with Crippen LogP contribution in [0.2, 0.25) is 0 Å². The van der Waals surface area contributed by atoms with Gasteiger partial charge in [0.05, 0.1) is 12.8 Å². The van der Waals surface area contributed by atoms with Crippen molar-refractivity contribution >= 4 is 15.8 Å². The minimum atomic E-state index is -4.26. The van der Waals surface area contributed by atoms with Crippen LogP contribution in [0.3, 0.4) is 0 Å². The molecule has 0 saturated carbocycles. The van der Waals surface area contributed by atoms with Crippen molar-refractivity contribution in [3.8, 4) is 5.75 Å². The van der Waals surface area contributed by atoms with E-state index in [1.54, 1.807) is 24.3 Å². The molecule has 0 saturated heterocycles. The van der Waals surface area contributed by atoms with Gasteiger partial charge in [0, 0.05) is 0 Å². The summed E-state index contributed by atoms with van der Waals surface area (Å²) in [6.45, 7) is 0. The van der Waals surface area contributed by atoms with Gasteiger partial charge in [0.2, 0.25) is 0 Å². The van der Waals surface area contributed by atoms with Gasteiger partial charge in [-0.05, 0) is 12.1 Å². The summed E-state index contributed by atoms with van der Waals surface area (Å²) in [5, 5.41) is 2.48. The maximum Gasteiger partial charge on any atom is 1.00 e. The Kier molecular flexibility index (Phi) is 6.23. The van der Waals surface area contributed by atoms with Crippen LogP contribution in [0.15, 0.2) is 24.3 Å². The van der Waals surface area contributed by atoms with Crippen LogP contribution in [0.5, 0.6) is 5.75 Å². The molecule has 0 atom stereocenters. The van der Waals surface area contributed by atoms with Gasteiger partial charge in [0.1, 0.15) is 21.7 Å². The van der Waals surface area contributed by atoms with Crippen LogP contribution in [0.4, 0.5) is 5.69 Å². The molecule has 1 rings (SSSR count). The number of para-hydroxylation sites is 2. The Morgan fingerprint density at radius 3 is 2.53 bits per heavy atom. The van der Waals surface area contributed by atoms with Crippen molar-refractivity contribution in [2.75, 3.05) is 18.3 Å². The second-order valence-electron chi connectivity index (χ2n) is 2.58. The number of hydrogen-bond acceptors (Lipinski definition) is 5. The Labute approximate surface area is 111 Å². The molecule has 0 unspecified atom stereocenters. The van der Waals surface area contributed by atoms with Crippen LogP contribution in [0.25, 0.3) is 0 Å². The fraction of sp³-hybridized carbons (Fsp3) is 0.250. The van der Waals surface area contributed by atoms with Gasteiger partial charge >= 0.3 is 29.6 Å². The van der Waals surface area contributed by atoms with Crippen molar-refractivity contribution in [1.29, 1.82) is 0 Å². The number of hydrogen-bond donors (Lipinski definition) is 1. The molecule has 0 aliphatic carbocycles. The molecule has 0 bridgehead atoms. The second kappa shape index (κ2) is 6.34. The van der Waals surface area contributed by atoms with E-state index in [2.05, 4.69) is 5.32 Å². The van der Waals surface area contributed by atoms with Gasteiger partial charge < -0.3 is 14.6 Å². The van der Waals surface area contributed by atoms with Gasteiger partial charge in [0.25, 0.3) is 0 Å². The van der Waals surface area contributed by atoms with Crippen LogP contribution in [-0.4, -0.2) is 26.0 Å². The molecule has 7 heteroatoms. The first kappa shape index (κ1) is 14.7. The fourth-order valence-electron chi connectivity index (χ4n) is 0.957. The number of ether oxygens (including phenoxy) is 1. The number of anilines is 1. The van der Waals surface area contributed by atoms with Gasteiger partial charge in [0.15, 0.2) is 0 Å². The summed E-state index contributed by atoms with van der Waals surface area (Å²) in [6, 6.07) is 6.75. The molecule has 0 aromatic heterocycles. The monoisotopic (exact) mass is 239 g/mol. The molecule has 0 aliphatic rings. The maximum absolute atomic E-state index is 10.3. The number of benzene rings is 1. The number of rotatable bonds is 4. The van der Waals surface area contributed by atoms with Crippen molar-refractivity contribution in [3.05, 3.63) is 24.3 Å². The van der Waals surface area contributed by atoms with Crippen LogP contribution in [0.1, 0.15) is 0 Å². The summed E-state index contributed by atoms with van der Waals surface area (Å²) < 4.78 is 36.0.